The molecule has 6 heteroatoms. The van der Waals surface area contributed by atoms with E-state index < -0.39 is 6.10 Å². The predicted molar refractivity (Wildman–Crippen MR) is 77.6 cm³/mol. The van der Waals surface area contributed by atoms with Gasteiger partial charge in [-0.1, -0.05) is 23.7 Å². The van der Waals surface area contributed by atoms with Crippen LogP contribution in [0.15, 0.2) is 36.8 Å². The highest BCUT2D eigenvalue weighted by molar-refractivity contribution is 6.31. The number of benzene rings is 1. The van der Waals surface area contributed by atoms with Gasteiger partial charge in [0.05, 0.1) is 40.8 Å². The van der Waals surface area contributed by atoms with Gasteiger partial charge in [0.2, 0.25) is 0 Å². The summed E-state index contributed by atoms with van der Waals surface area (Å²) >= 11 is 6.11. The first kappa shape index (κ1) is 13.1. The van der Waals surface area contributed by atoms with Gasteiger partial charge in [-0.3, -0.25) is 4.68 Å². The van der Waals surface area contributed by atoms with E-state index in [4.69, 9.17) is 11.6 Å². The molecule has 0 spiro atoms. The molecule has 0 aliphatic heterocycles. The summed E-state index contributed by atoms with van der Waals surface area (Å²) in [6.45, 7) is 3.03. The molecule has 0 fully saturated rings. The number of hydrogen-bond donors (Lipinski definition) is 1. The smallest absolute Gasteiger partial charge is 0.115 e. The van der Waals surface area contributed by atoms with Crippen molar-refractivity contribution in [1.29, 1.82) is 0 Å². The molecule has 5 nitrogen and oxygen atoms in total. The van der Waals surface area contributed by atoms with Crippen molar-refractivity contribution in [1.82, 2.24) is 19.3 Å². The molecule has 0 aliphatic carbocycles. The molecule has 0 saturated carbocycles. The Balaban J connectivity index is 1.92. The van der Waals surface area contributed by atoms with E-state index in [9.17, 15) is 5.11 Å². The van der Waals surface area contributed by atoms with Crippen LogP contribution in [0.4, 0.5) is 0 Å². The zero-order chi connectivity index (χ0) is 14.1. The number of nitrogens with zero attached hydrogens (tertiary/aromatic N) is 4. The van der Waals surface area contributed by atoms with Crippen molar-refractivity contribution in [3.8, 4) is 0 Å². The SMILES string of the molecule is CCn1ncc(Cl)c1C(O)Cn1cnc2ccccc21. The summed E-state index contributed by atoms with van der Waals surface area (Å²) in [6.07, 6.45) is 2.58. The normalized spacial score (nSPS) is 12.9. The molecule has 0 aliphatic rings. The van der Waals surface area contributed by atoms with Crippen LogP contribution in [0, 0.1) is 0 Å². The van der Waals surface area contributed by atoms with Crippen LogP contribution in [0.3, 0.4) is 0 Å². The summed E-state index contributed by atoms with van der Waals surface area (Å²) < 4.78 is 3.63. The van der Waals surface area contributed by atoms with Crippen LogP contribution in [0.5, 0.6) is 0 Å². The third-order valence-corrected chi connectivity index (χ3v) is 3.64. The second kappa shape index (κ2) is 5.26. The van der Waals surface area contributed by atoms with Gasteiger partial charge < -0.3 is 9.67 Å². The van der Waals surface area contributed by atoms with Crippen molar-refractivity contribution >= 4 is 22.6 Å². The van der Waals surface area contributed by atoms with E-state index in [0.717, 1.165) is 11.0 Å². The second-order valence-corrected chi connectivity index (χ2v) is 5.00. The van der Waals surface area contributed by atoms with Crippen molar-refractivity contribution in [2.75, 3.05) is 0 Å². The minimum Gasteiger partial charge on any atom is -0.385 e. The highest BCUT2D eigenvalue weighted by Gasteiger charge is 2.18. The number of fused-ring (bicyclic) bond motifs is 1. The Morgan fingerprint density at radius 3 is 2.95 bits per heavy atom. The van der Waals surface area contributed by atoms with Gasteiger partial charge in [0, 0.05) is 6.54 Å². The van der Waals surface area contributed by atoms with E-state index >= 15 is 0 Å². The van der Waals surface area contributed by atoms with Crippen LogP contribution in [-0.4, -0.2) is 24.4 Å². The van der Waals surface area contributed by atoms with Gasteiger partial charge in [-0.25, -0.2) is 4.98 Å². The van der Waals surface area contributed by atoms with E-state index in [-0.39, 0.29) is 0 Å². The van der Waals surface area contributed by atoms with Gasteiger partial charge in [0.25, 0.3) is 0 Å². The van der Waals surface area contributed by atoms with Gasteiger partial charge in [-0.05, 0) is 19.1 Å². The average molecular weight is 291 g/mol. The number of rotatable bonds is 4. The van der Waals surface area contributed by atoms with E-state index in [0.29, 0.717) is 23.8 Å². The number of aliphatic hydroxyl groups excluding tert-OH is 1. The molecule has 0 amide bonds. The van der Waals surface area contributed by atoms with E-state index in [1.807, 2.05) is 35.8 Å². The monoisotopic (exact) mass is 290 g/mol. The lowest BCUT2D eigenvalue weighted by atomic mass is 10.2. The summed E-state index contributed by atoms with van der Waals surface area (Å²) in [5.74, 6) is 0. The largest absolute Gasteiger partial charge is 0.385 e. The molecule has 20 heavy (non-hydrogen) atoms. The van der Waals surface area contributed by atoms with Gasteiger partial charge in [-0.2, -0.15) is 5.10 Å². The molecule has 0 saturated heterocycles. The number of aryl methyl sites for hydroxylation is 1. The summed E-state index contributed by atoms with van der Waals surface area (Å²) in [7, 11) is 0. The summed E-state index contributed by atoms with van der Waals surface area (Å²) in [6, 6.07) is 7.82. The molecule has 2 aromatic heterocycles. The third kappa shape index (κ3) is 2.19. The zero-order valence-electron chi connectivity index (χ0n) is 11.1. The third-order valence-electron chi connectivity index (χ3n) is 3.35. The van der Waals surface area contributed by atoms with Crippen LogP contribution in [-0.2, 0) is 13.1 Å². The molecule has 0 radical (unpaired) electrons. The number of aliphatic hydroxyl groups is 1. The Morgan fingerprint density at radius 2 is 2.15 bits per heavy atom. The van der Waals surface area contributed by atoms with Crippen LogP contribution in [0.25, 0.3) is 11.0 Å². The average Bonchev–Trinajstić information content (AvgIpc) is 3.03. The number of aromatic nitrogens is 4. The van der Waals surface area contributed by atoms with Crippen LogP contribution in [0.1, 0.15) is 18.7 Å². The van der Waals surface area contributed by atoms with Crippen molar-refractivity contribution in [3.63, 3.8) is 0 Å². The zero-order valence-corrected chi connectivity index (χ0v) is 11.8. The Hall–Kier alpha value is -1.85. The predicted octanol–water partition coefficient (Wildman–Crippen LogP) is 2.64. The van der Waals surface area contributed by atoms with Crippen molar-refractivity contribution in [2.45, 2.75) is 26.1 Å². The Labute approximate surface area is 121 Å². The summed E-state index contributed by atoms with van der Waals surface area (Å²) in [5.41, 5.74) is 2.55. The second-order valence-electron chi connectivity index (χ2n) is 4.59. The van der Waals surface area contributed by atoms with E-state index in [2.05, 4.69) is 10.1 Å². The molecule has 1 atom stereocenters. The number of imidazole rings is 1. The summed E-state index contributed by atoms with van der Waals surface area (Å²) in [5, 5.41) is 15.1. The number of hydrogen-bond acceptors (Lipinski definition) is 3. The van der Waals surface area contributed by atoms with Gasteiger partial charge in [0.1, 0.15) is 6.10 Å². The molecular weight excluding hydrogens is 276 g/mol. The molecule has 0 bridgehead atoms. The fourth-order valence-corrected chi connectivity index (χ4v) is 2.65. The maximum Gasteiger partial charge on any atom is 0.115 e. The quantitative estimate of drug-likeness (QED) is 0.803. The lowest BCUT2D eigenvalue weighted by Gasteiger charge is -2.14. The number of halogens is 1. The fourth-order valence-electron chi connectivity index (χ4n) is 2.38. The first-order valence-corrected chi connectivity index (χ1v) is 6.87. The molecule has 2 heterocycles. The van der Waals surface area contributed by atoms with Gasteiger partial charge in [-0.15, -0.1) is 0 Å². The Morgan fingerprint density at radius 1 is 1.35 bits per heavy atom. The highest BCUT2D eigenvalue weighted by Crippen LogP contribution is 2.25. The van der Waals surface area contributed by atoms with Crippen LogP contribution < -0.4 is 0 Å². The first-order chi connectivity index (χ1) is 9.70. The van der Waals surface area contributed by atoms with E-state index in [1.165, 1.54) is 0 Å². The Bertz CT molecular complexity index is 734. The number of para-hydroxylation sites is 2. The van der Waals surface area contributed by atoms with E-state index in [1.54, 1.807) is 17.2 Å². The van der Waals surface area contributed by atoms with Crippen LogP contribution >= 0.6 is 11.6 Å². The standard InChI is InChI=1S/C14H15ClN4O/c1-2-19-14(10(15)7-17-19)13(20)8-18-9-16-11-5-3-4-6-12(11)18/h3-7,9,13,20H,2,8H2,1H3. The fraction of sp³-hybridized carbons (Fsp3) is 0.286. The minimum atomic E-state index is -0.720. The van der Waals surface area contributed by atoms with Crippen molar-refractivity contribution < 1.29 is 5.11 Å². The maximum absolute atomic E-state index is 10.4. The molecule has 3 rings (SSSR count). The topological polar surface area (TPSA) is 55.9 Å². The first-order valence-electron chi connectivity index (χ1n) is 6.50. The maximum atomic E-state index is 10.4. The lowest BCUT2D eigenvalue weighted by molar-refractivity contribution is 0.147. The minimum absolute atomic E-state index is 0.395. The molecule has 1 N–H and O–H groups in total. The molecular formula is C14H15ClN4O. The molecule has 1 unspecified atom stereocenters. The highest BCUT2D eigenvalue weighted by atomic mass is 35.5. The van der Waals surface area contributed by atoms with Crippen molar-refractivity contribution in [2.24, 2.45) is 0 Å². The lowest BCUT2D eigenvalue weighted by Crippen LogP contribution is -2.13. The van der Waals surface area contributed by atoms with Gasteiger partial charge in [0.15, 0.2) is 0 Å². The van der Waals surface area contributed by atoms with Crippen LogP contribution in [0.2, 0.25) is 5.02 Å². The summed E-state index contributed by atoms with van der Waals surface area (Å²) in [4.78, 5) is 4.31. The van der Waals surface area contributed by atoms with Crippen molar-refractivity contribution in [3.05, 3.63) is 47.5 Å². The molecule has 3 aromatic rings. The molecule has 104 valence electrons. The van der Waals surface area contributed by atoms with Gasteiger partial charge >= 0.3 is 0 Å². The Kier molecular flexibility index (Phi) is 3.46. The molecule has 1 aromatic carbocycles.